The van der Waals surface area contributed by atoms with Crippen LogP contribution in [0.1, 0.15) is 23.7 Å². The molecule has 1 N–H and O–H groups in total. The molecule has 1 atom stereocenters. The van der Waals surface area contributed by atoms with Crippen LogP contribution in [0.5, 0.6) is 0 Å². The highest BCUT2D eigenvalue weighted by atomic mass is 19.4. The molecule has 0 spiro atoms. The van der Waals surface area contributed by atoms with E-state index in [-0.39, 0.29) is 12.7 Å². The Balaban J connectivity index is 2.00. The molecule has 1 heterocycles. The standard InChI is InChI=1S/C14H18F3NO2/c15-14(16,17)12-4-2-11(3-5-12)13-10-18(6-1-8-19)7-9-20-13/h2-5,13,19H,1,6-10H2/t13-/m0/s1. The number of benzene rings is 1. The van der Waals surface area contributed by atoms with Gasteiger partial charge in [0.2, 0.25) is 0 Å². The number of aliphatic hydroxyl groups excluding tert-OH is 1. The average Bonchev–Trinajstić information content (AvgIpc) is 2.45. The van der Waals surface area contributed by atoms with Crippen molar-refractivity contribution in [3.63, 3.8) is 0 Å². The molecule has 0 aliphatic carbocycles. The molecule has 0 radical (unpaired) electrons. The van der Waals surface area contributed by atoms with Gasteiger partial charge in [-0.05, 0) is 24.1 Å². The second-order valence-electron chi connectivity index (χ2n) is 4.86. The normalized spacial score (nSPS) is 21.1. The molecule has 1 fully saturated rings. The van der Waals surface area contributed by atoms with Gasteiger partial charge in [0.1, 0.15) is 0 Å². The van der Waals surface area contributed by atoms with Crippen LogP contribution in [0.15, 0.2) is 24.3 Å². The highest BCUT2D eigenvalue weighted by Crippen LogP contribution is 2.31. The Bertz CT molecular complexity index is 419. The number of nitrogens with zero attached hydrogens (tertiary/aromatic N) is 1. The molecule has 3 nitrogen and oxygen atoms in total. The summed E-state index contributed by atoms with van der Waals surface area (Å²) in [5, 5.41) is 8.82. The molecule has 1 aliphatic heterocycles. The highest BCUT2D eigenvalue weighted by Gasteiger charge is 2.30. The largest absolute Gasteiger partial charge is 0.416 e. The third kappa shape index (κ3) is 3.94. The summed E-state index contributed by atoms with van der Waals surface area (Å²) < 4.78 is 43.1. The van der Waals surface area contributed by atoms with Crippen molar-refractivity contribution < 1.29 is 23.0 Å². The molecule has 1 aromatic carbocycles. The van der Waals surface area contributed by atoms with E-state index in [9.17, 15) is 13.2 Å². The van der Waals surface area contributed by atoms with Gasteiger partial charge in [-0.25, -0.2) is 0 Å². The van der Waals surface area contributed by atoms with Crippen LogP contribution in [-0.2, 0) is 10.9 Å². The van der Waals surface area contributed by atoms with E-state index in [0.29, 0.717) is 19.6 Å². The predicted octanol–water partition coefficient (Wildman–Crippen LogP) is 2.46. The second-order valence-corrected chi connectivity index (χ2v) is 4.86. The number of rotatable bonds is 4. The summed E-state index contributed by atoms with van der Waals surface area (Å²) >= 11 is 0. The molecule has 6 heteroatoms. The number of hydrogen-bond donors (Lipinski definition) is 1. The molecule has 0 unspecified atom stereocenters. The van der Waals surface area contributed by atoms with Gasteiger partial charge in [-0.2, -0.15) is 13.2 Å². The van der Waals surface area contributed by atoms with Crippen LogP contribution >= 0.6 is 0 Å². The van der Waals surface area contributed by atoms with Crippen molar-refractivity contribution in [2.75, 3.05) is 32.8 Å². The van der Waals surface area contributed by atoms with Gasteiger partial charge >= 0.3 is 6.18 Å². The minimum Gasteiger partial charge on any atom is -0.396 e. The monoisotopic (exact) mass is 289 g/mol. The third-order valence-electron chi connectivity index (χ3n) is 3.39. The Morgan fingerprint density at radius 1 is 1.25 bits per heavy atom. The Morgan fingerprint density at radius 3 is 2.55 bits per heavy atom. The first kappa shape index (κ1) is 15.3. The van der Waals surface area contributed by atoms with Crippen LogP contribution in [0, 0.1) is 0 Å². The van der Waals surface area contributed by atoms with Gasteiger partial charge in [0.15, 0.2) is 0 Å². The maximum Gasteiger partial charge on any atom is 0.416 e. The quantitative estimate of drug-likeness (QED) is 0.924. The van der Waals surface area contributed by atoms with Crippen molar-refractivity contribution in [1.29, 1.82) is 0 Å². The molecule has 0 saturated carbocycles. The number of alkyl halides is 3. The van der Waals surface area contributed by atoms with Gasteiger partial charge in [0, 0.05) is 26.2 Å². The van der Waals surface area contributed by atoms with Gasteiger partial charge < -0.3 is 9.84 Å². The molecular formula is C14H18F3NO2. The lowest BCUT2D eigenvalue weighted by molar-refractivity contribution is -0.137. The van der Waals surface area contributed by atoms with Crippen LogP contribution in [0.3, 0.4) is 0 Å². The summed E-state index contributed by atoms with van der Waals surface area (Å²) in [4.78, 5) is 2.15. The summed E-state index contributed by atoms with van der Waals surface area (Å²) in [5.41, 5.74) is 0.112. The smallest absolute Gasteiger partial charge is 0.396 e. The van der Waals surface area contributed by atoms with E-state index in [1.807, 2.05) is 0 Å². The summed E-state index contributed by atoms with van der Waals surface area (Å²) in [6, 6.07) is 5.13. The van der Waals surface area contributed by atoms with E-state index in [1.54, 1.807) is 0 Å². The Kier molecular flexibility index (Phi) is 5.01. The van der Waals surface area contributed by atoms with E-state index < -0.39 is 11.7 Å². The zero-order valence-corrected chi connectivity index (χ0v) is 11.1. The third-order valence-corrected chi connectivity index (χ3v) is 3.39. The lowest BCUT2D eigenvalue weighted by Crippen LogP contribution is -2.39. The maximum absolute atomic E-state index is 12.5. The average molecular weight is 289 g/mol. The first-order valence-corrected chi connectivity index (χ1v) is 6.62. The molecule has 1 aliphatic rings. The molecule has 2 rings (SSSR count). The van der Waals surface area contributed by atoms with Crippen molar-refractivity contribution in [1.82, 2.24) is 4.90 Å². The SMILES string of the molecule is OCCCN1CCO[C@H](c2ccc(C(F)(F)F)cc2)C1. The Labute approximate surface area is 116 Å². The minimum absolute atomic E-state index is 0.141. The van der Waals surface area contributed by atoms with Gasteiger partial charge in [0.05, 0.1) is 18.3 Å². The highest BCUT2D eigenvalue weighted by molar-refractivity contribution is 5.26. The second kappa shape index (κ2) is 6.56. The minimum atomic E-state index is -4.31. The van der Waals surface area contributed by atoms with Crippen molar-refractivity contribution in [3.8, 4) is 0 Å². The van der Waals surface area contributed by atoms with Crippen LogP contribution in [0.4, 0.5) is 13.2 Å². The lowest BCUT2D eigenvalue weighted by atomic mass is 10.1. The fourth-order valence-electron chi connectivity index (χ4n) is 2.29. The van der Waals surface area contributed by atoms with Crippen LogP contribution in [0.25, 0.3) is 0 Å². The summed E-state index contributed by atoms with van der Waals surface area (Å²) in [6.45, 7) is 2.90. The summed E-state index contributed by atoms with van der Waals surface area (Å²) in [7, 11) is 0. The van der Waals surface area contributed by atoms with Gasteiger partial charge in [-0.3, -0.25) is 4.90 Å². The fraction of sp³-hybridized carbons (Fsp3) is 0.571. The summed E-state index contributed by atoms with van der Waals surface area (Å²) in [5.74, 6) is 0. The number of aliphatic hydroxyl groups is 1. The number of halogens is 3. The summed E-state index contributed by atoms with van der Waals surface area (Å²) in [6.07, 6.45) is -3.82. The van der Waals surface area contributed by atoms with Gasteiger partial charge in [-0.1, -0.05) is 12.1 Å². The van der Waals surface area contributed by atoms with E-state index in [0.717, 1.165) is 30.8 Å². The predicted molar refractivity (Wildman–Crippen MR) is 68.3 cm³/mol. The zero-order valence-electron chi connectivity index (χ0n) is 11.1. The zero-order chi connectivity index (χ0) is 14.6. The first-order valence-electron chi connectivity index (χ1n) is 6.62. The topological polar surface area (TPSA) is 32.7 Å². The van der Waals surface area contributed by atoms with Crippen LogP contribution in [0.2, 0.25) is 0 Å². The molecule has 1 aromatic rings. The maximum atomic E-state index is 12.5. The molecular weight excluding hydrogens is 271 g/mol. The van der Waals surface area contributed by atoms with Crippen molar-refractivity contribution in [2.24, 2.45) is 0 Å². The van der Waals surface area contributed by atoms with Crippen molar-refractivity contribution >= 4 is 0 Å². The fourth-order valence-corrected chi connectivity index (χ4v) is 2.29. The molecule has 20 heavy (non-hydrogen) atoms. The number of morpholine rings is 1. The van der Waals surface area contributed by atoms with E-state index in [4.69, 9.17) is 9.84 Å². The lowest BCUT2D eigenvalue weighted by Gasteiger charge is -2.33. The van der Waals surface area contributed by atoms with Gasteiger partial charge in [0.25, 0.3) is 0 Å². The van der Waals surface area contributed by atoms with Crippen LogP contribution < -0.4 is 0 Å². The van der Waals surface area contributed by atoms with E-state index in [1.165, 1.54) is 12.1 Å². The Hall–Kier alpha value is -1.11. The molecule has 112 valence electrons. The molecule has 1 saturated heterocycles. The van der Waals surface area contributed by atoms with Crippen molar-refractivity contribution in [2.45, 2.75) is 18.7 Å². The Morgan fingerprint density at radius 2 is 1.95 bits per heavy atom. The van der Waals surface area contributed by atoms with E-state index in [2.05, 4.69) is 4.90 Å². The van der Waals surface area contributed by atoms with E-state index >= 15 is 0 Å². The van der Waals surface area contributed by atoms with Crippen LogP contribution in [-0.4, -0.2) is 42.9 Å². The molecule has 0 aromatic heterocycles. The first-order chi connectivity index (χ1) is 9.50. The molecule has 0 amide bonds. The van der Waals surface area contributed by atoms with Gasteiger partial charge in [-0.15, -0.1) is 0 Å². The molecule has 0 bridgehead atoms. The van der Waals surface area contributed by atoms with Crippen molar-refractivity contribution in [3.05, 3.63) is 35.4 Å². The number of ether oxygens (including phenoxy) is 1. The number of hydrogen-bond acceptors (Lipinski definition) is 3.